The summed E-state index contributed by atoms with van der Waals surface area (Å²) < 4.78 is 5.40. The zero-order valence-electron chi connectivity index (χ0n) is 11.8. The molecule has 1 aliphatic rings. The number of aldehydes is 1. The molecular weight excluding hydrogens is 290 g/mol. The van der Waals surface area contributed by atoms with Gasteiger partial charge in [-0.25, -0.2) is 4.79 Å². The predicted molar refractivity (Wildman–Crippen MR) is 73.7 cm³/mol. The Morgan fingerprint density at radius 3 is 2.36 bits per heavy atom. The number of carbonyl (C=O) groups is 4. The lowest BCUT2D eigenvalue weighted by Gasteiger charge is -2.12. The second-order valence-electron chi connectivity index (χ2n) is 4.68. The molecule has 1 aromatic carbocycles. The first-order chi connectivity index (χ1) is 10.6. The van der Waals surface area contributed by atoms with Gasteiger partial charge in [-0.3, -0.25) is 14.4 Å². The number of benzene rings is 1. The summed E-state index contributed by atoms with van der Waals surface area (Å²) in [5.74, 6) is -1.05. The zero-order valence-corrected chi connectivity index (χ0v) is 11.8. The van der Waals surface area contributed by atoms with Crippen LogP contribution >= 0.6 is 0 Å². The summed E-state index contributed by atoms with van der Waals surface area (Å²) in [6.07, 6.45) is 1.30. The molecule has 0 unspecified atom stereocenters. The molecule has 1 saturated heterocycles. The molecule has 0 bridgehead atoms. The molecule has 0 N–H and O–H groups in total. The van der Waals surface area contributed by atoms with E-state index >= 15 is 0 Å². The number of rotatable bonds is 7. The number of hydroxylamine groups is 2. The number of carbonyl (C=O) groups excluding carboxylic acids is 4. The van der Waals surface area contributed by atoms with Crippen molar-refractivity contribution >= 4 is 24.1 Å². The van der Waals surface area contributed by atoms with Gasteiger partial charge in [0.2, 0.25) is 0 Å². The number of hydrogen-bond acceptors (Lipinski definition) is 6. The van der Waals surface area contributed by atoms with E-state index < -0.39 is 17.8 Å². The molecule has 7 nitrogen and oxygen atoms in total. The summed E-state index contributed by atoms with van der Waals surface area (Å²) in [5.41, 5.74) is 0.552. The molecule has 1 aliphatic heterocycles. The zero-order chi connectivity index (χ0) is 15.9. The van der Waals surface area contributed by atoms with E-state index in [1.165, 1.54) is 0 Å². The Labute approximate surface area is 126 Å². The summed E-state index contributed by atoms with van der Waals surface area (Å²) in [6.45, 7) is 0.275. The van der Waals surface area contributed by atoms with Crippen LogP contribution in [0.15, 0.2) is 24.3 Å². The van der Waals surface area contributed by atoms with Gasteiger partial charge in [0.1, 0.15) is 12.0 Å². The average molecular weight is 305 g/mol. The molecule has 2 amide bonds. The predicted octanol–water partition coefficient (Wildman–Crippen LogP) is 1.27. The molecule has 1 fully saturated rings. The van der Waals surface area contributed by atoms with E-state index in [2.05, 4.69) is 0 Å². The van der Waals surface area contributed by atoms with Crippen LogP contribution in [0.1, 0.15) is 36.0 Å². The number of amides is 2. The van der Waals surface area contributed by atoms with E-state index in [0.29, 0.717) is 22.8 Å². The Morgan fingerprint density at radius 2 is 1.77 bits per heavy atom. The maximum Gasteiger partial charge on any atom is 0.333 e. The quantitative estimate of drug-likeness (QED) is 0.428. The van der Waals surface area contributed by atoms with E-state index in [9.17, 15) is 19.2 Å². The van der Waals surface area contributed by atoms with Crippen molar-refractivity contribution in [2.24, 2.45) is 0 Å². The normalized spacial score (nSPS) is 14.1. The van der Waals surface area contributed by atoms with Crippen molar-refractivity contribution in [1.29, 1.82) is 0 Å². The van der Waals surface area contributed by atoms with Crippen molar-refractivity contribution in [3.63, 3.8) is 0 Å². The third-order valence-electron chi connectivity index (χ3n) is 3.01. The third-order valence-corrected chi connectivity index (χ3v) is 3.01. The Kier molecular flexibility index (Phi) is 5.24. The number of imide groups is 1. The van der Waals surface area contributed by atoms with E-state index in [1.807, 2.05) is 0 Å². The first kappa shape index (κ1) is 15.7. The van der Waals surface area contributed by atoms with E-state index in [-0.39, 0.29) is 25.9 Å². The van der Waals surface area contributed by atoms with Crippen LogP contribution in [0.4, 0.5) is 0 Å². The number of nitrogens with zero attached hydrogens (tertiary/aromatic N) is 1. The SMILES string of the molecule is O=Cc1ccc(OCCCC(=O)ON2C(=O)CCC2=O)cc1. The maximum absolute atomic E-state index is 11.5. The number of hydrogen-bond donors (Lipinski definition) is 0. The van der Waals surface area contributed by atoms with Gasteiger partial charge in [-0.2, -0.15) is 0 Å². The Hall–Kier alpha value is -2.70. The summed E-state index contributed by atoms with van der Waals surface area (Å²) in [5, 5.41) is 0.529. The molecular formula is C15H15NO6. The summed E-state index contributed by atoms with van der Waals surface area (Å²) in [6, 6.07) is 6.57. The minimum absolute atomic E-state index is 0.0312. The Balaban J connectivity index is 1.67. The van der Waals surface area contributed by atoms with Crippen molar-refractivity contribution in [1.82, 2.24) is 5.06 Å². The fourth-order valence-electron chi connectivity index (χ4n) is 1.85. The van der Waals surface area contributed by atoms with Crippen LogP contribution in [0, 0.1) is 0 Å². The summed E-state index contributed by atoms with van der Waals surface area (Å²) in [4.78, 5) is 49.3. The van der Waals surface area contributed by atoms with Crippen LogP contribution in [0.2, 0.25) is 0 Å². The van der Waals surface area contributed by atoms with E-state index in [4.69, 9.17) is 9.57 Å². The van der Waals surface area contributed by atoms with Gasteiger partial charge in [0.05, 0.1) is 13.0 Å². The van der Waals surface area contributed by atoms with Crippen LogP contribution in [0.3, 0.4) is 0 Å². The highest BCUT2D eigenvalue weighted by molar-refractivity contribution is 6.01. The minimum Gasteiger partial charge on any atom is -0.494 e. The lowest BCUT2D eigenvalue weighted by atomic mass is 10.2. The van der Waals surface area contributed by atoms with Gasteiger partial charge >= 0.3 is 5.97 Å². The van der Waals surface area contributed by atoms with Gasteiger partial charge in [0, 0.05) is 18.4 Å². The average Bonchev–Trinajstić information content (AvgIpc) is 2.84. The molecule has 0 aromatic heterocycles. The van der Waals surface area contributed by atoms with Gasteiger partial charge in [0.15, 0.2) is 0 Å². The molecule has 1 heterocycles. The Bertz CT molecular complexity index is 564. The molecule has 116 valence electrons. The van der Waals surface area contributed by atoms with Crippen molar-refractivity contribution in [2.45, 2.75) is 25.7 Å². The van der Waals surface area contributed by atoms with Gasteiger partial charge in [-0.15, -0.1) is 5.06 Å². The molecule has 0 aliphatic carbocycles. The topological polar surface area (TPSA) is 90.0 Å². The van der Waals surface area contributed by atoms with E-state index in [0.717, 1.165) is 6.29 Å². The highest BCUT2D eigenvalue weighted by Gasteiger charge is 2.32. The largest absolute Gasteiger partial charge is 0.494 e. The fraction of sp³-hybridized carbons (Fsp3) is 0.333. The standard InChI is InChI=1S/C15H15NO6/c17-10-11-3-5-12(6-4-11)21-9-1-2-15(20)22-16-13(18)7-8-14(16)19/h3-6,10H,1-2,7-9H2. The second-order valence-corrected chi connectivity index (χ2v) is 4.68. The van der Waals surface area contributed by atoms with Crippen LogP contribution in [0.25, 0.3) is 0 Å². The lowest BCUT2D eigenvalue weighted by Crippen LogP contribution is -2.32. The van der Waals surface area contributed by atoms with Crippen LogP contribution in [-0.2, 0) is 19.2 Å². The van der Waals surface area contributed by atoms with Crippen molar-refractivity contribution in [3.05, 3.63) is 29.8 Å². The highest BCUT2D eigenvalue weighted by atomic mass is 16.7. The fourth-order valence-corrected chi connectivity index (χ4v) is 1.85. The van der Waals surface area contributed by atoms with Gasteiger partial charge in [-0.05, 0) is 30.7 Å². The Morgan fingerprint density at radius 1 is 1.14 bits per heavy atom. The summed E-state index contributed by atoms with van der Waals surface area (Å²) in [7, 11) is 0. The van der Waals surface area contributed by atoms with Crippen LogP contribution < -0.4 is 4.74 Å². The first-order valence-corrected chi connectivity index (χ1v) is 6.85. The lowest BCUT2D eigenvalue weighted by molar-refractivity contribution is -0.197. The molecule has 0 saturated carbocycles. The third kappa shape index (κ3) is 4.15. The monoisotopic (exact) mass is 305 g/mol. The van der Waals surface area contributed by atoms with Crippen molar-refractivity contribution in [3.8, 4) is 5.75 Å². The highest BCUT2D eigenvalue weighted by Crippen LogP contribution is 2.14. The molecule has 2 rings (SSSR count). The second kappa shape index (κ2) is 7.35. The molecule has 7 heteroatoms. The molecule has 0 radical (unpaired) electrons. The first-order valence-electron chi connectivity index (χ1n) is 6.85. The minimum atomic E-state index is -0.650. The summed E-state index contributed by atoms with van der Waals surface area (Å²) >= 11 is 0. The smallest absolute Gasteiger partial charge is 0.333 e. The van der Waals surface area contributed by atoms with Gasteiger partial charge in [-0.1, -0.05) is 0 Å². The molecule has 0 atom stereocenters. The van der Waals surface area contributed by atoms with Gasteiger partial charge in [0.25, 0.3) is 11.8 Å². The maximum atomic E-state index is 11.5. The van der Waals surface area contributed by atoms with Crippen LogP contribution in [-0.4, -0.2) is 35.7 Å². The van der Waals surface area contributed by atoms with Crippen molar-refractivity contribution in [2.75, 3.05) is 6.61 Å². The molecule has 22 heavy (non-hydrogen) atoms. The molecule has 1 aromatic rings. The number of ether oxygens (including phenoxy) is 1. The van der Waals surface area contributed by atoms with Crippen molar-refractivity contribution < 1.29 is 28.8 Å². The van der Waals surface area contributed by atoms with Crippen LogP contribution in [0.5, 0.6) is 5.75 Å². The van der Waals surface area contributed by atoms with E-state index in [1.54, 1.807) is 24.3 Å². The van der Waals surface area contributed by atoms with Gasteiger partial charge < -0.3 is 9.57 Å². The molecule has 0 spiro atoms.